The second-order valence-corrected chi connectivity index (χ2v) is 25.2. The van der Waals surface area contributed by atoms with Gasteiger partial charge in [-0.3, -0.25) is 43.9 Å². The quantitative estimate of drug-likeness (QED) is 0.0145. The van der Waals surface area contributed by atoms with Crippen LogP contribution in [0.3, 0.4) is 0 Å². The van der Waals surface area contributed by atoms with Crippen LogP contribution in [0.4, 0.5) is 26.9 Å². The first-order valence-corrected chi connectivity index (χ1v) is 33.5. The van der Waals surface area contributed by atoms with Gasteiger partial charge < -0.3 is 40.2 Å². The number of carbonyl (C=O) groups excluding carboxylic acids is 9. The van der Waals surface area contributed by atoms with Crippen molar-refractivity contribution in [1.82, 2.24) is 35.1 Å². The maximum absolute atomic E-state index is 14.5. The Hall–Kier alpha value is -10.3. The largest absolute Gasteiger partial charge is 0.497 e. The zero-order valence-electron chi connectivity index (χ0n) is 56.1. The average molecular weight is 1330 g/mol. The lowest BCUT2D eigenvalue weighted by Gasteiger charge is -2.26. The van der Waals surface area contributed by atoms with Crippen molar-refractivity contribution >= 4 is 93.0 Å². The fourth-order valence-corrected chi connectivity index (χ4v) is 12.3. The normalized spacial score (nSPS) is 17.0. The van der Waals surface area contributed by atoms with E-state index in [9.17, 15) is 43.2 Å². The molecule has 0 radical (unpaired) electrons. The van der Waals surface area contributed by atoms with E-state index in [1.807, 2.05) is 72.8 Å². The number of anilines is 3. The average Bonchev–Trinajstić information content (AvgIpc) is 1.63. The predicted molar refractivity (Wildman–Crippen MR) is 369 cm³/mol. The van der Waals surface area contributed by atoms with E-state index in [1.54, 1.807) is 73.8 Å². The minimum absolute atomic E-state index is 0.0326. The first-order valence-electron chi connectivity index (χ1n) is 33.5. The van der Waals surface area contributed by atoms with Gasteiger partial charge >= 0.3 is 12.1 Å². The number of hydrazone groups is 2. The van der Waals surface area contributed by atoms with Gasteiger partial charge in [0.1, 0.15) is 29.5 Å². The fraction of sp³-hybridized carbons (Fsp3) is 0.425. The number of rotatable bonds is 33. The third-order valence-electron chi connectivity index (χ3n) is 17.6. The fourth-order valence-electron chi connectivity index (χ4n) is 12.3. The van der Waals surface area contributed by atoms with Crippen LogP contribution in [0.25, 0.3) is 11.0 Å². The molecule has 4 unspecified atom stereocenters. The molecular weight excluding hydrogens is 1240 g/mol. The van der Waals surface area contributed by atoms with Gasteiger partial charge in [0.05, 0.1) is 42.9 Å². The lowest BCUT2D eigenvalue weighted by Crippen LogP contribution is -2.54. The maximum atomic E-state index is 14.5. The molecule has 2 fully saturated rings. The number of amides is 8. The van der Waals surface area contributed by atoms with Crippen LogP contribution in [0.15, 0.2) is 138 Å². The zero-order valence-corrected chi connectivity index (χ0v) is 56.1. The van der Waals surface area contributed by atoms with Crippen molar-refractivity contribution in [1.29, 1.82) is 0 Å². The Labute approximate surface area is 565 Å². The number of carbonyl (C=O) groups is 9. The van der Waals surface area contributed by atoms with Crippen LogP contribution in [-0.4, -0.2) is 146 Å². The molecule has 4 aliphatic rings. The lowest BCUT2D eigenvalue weighted by molar-refractivity contribution is -0.141. The molecule has 0 aliphatic carbocycles. The monoisotopic (exact) mass is 1320 g/mol. The molecule has 512 valence electrons. The number of para-hydroxylation sites is 2. The van der Waals surface area contributed by atoms with Gasteiger partial charge in [-0.25, -0.2) is 24.4 Å². The molecule has 24 nitrogen and oxygen atoms in total. The Morgan fingerprint density at radius 1 is 0.670 bits per heavy atom. The summed E-state index contributed by atoms with van der Waals surface area (Å²) in [7, 11) is 4.71. The number of benzene rings is 5. The molecular formula is C73H88N12O12. The Balaban J connectivity index is 0.000000249. The number of imide groups is 2. The number of methoxy groups -OCH3 is 2. The Kier molecular flexibility index (Phi) is 24.8. The topological polar surface area (TPSA) is 296 Å². The van der Waals surface area contributed by atoms with Crippen LogP contribution in [0, 0.1) is 0 Å². The molecule has 1 aromatic heterocycles. The number of aromatic nitrogens is 2. The van der Waals surface area contributed by atoms with Crippen molar-refractivity contribution < 1.29 is 57.4 Å². The minimum Gasteiger partial charge on any atom is -0.497 e. The third kappa shape index (κ3) is 18.2. The van der Waals surface area contributed by atoms with Crippen molar-refractivity contribution in [2.45, 2.75) is 166 Å². The van der Waals surface area contributed by atoms with Gasteiger partial charge in [-0.05, 0) is 79.4 Å². The van der Waals surface area contributed by atoms with E-state index >= 15 is 0 Å². The summed E-state index contributed by atoms with van der Waals surface area (Å²) in [6.45, 7) is 5.16. The molecule has 5 heterocycles. The van der Waals surface area contributed by atoms with Gasteiger partial charge in [0.2, 0.25) is 23.4 Å². The van der Waals surface area contributed by atoms with Gasteiger partial charge in [0.25, 0.3) is 23.6 Å². The second-order valence-electron chi connectivity index (χ2n) is 25.2. The minimum atomic E-state index is -1.87. The number of cyclic esters (lactones) is 1. The summed E-state index contributed by atoms with van der Waals surface area (Å²) in [6.07, 6.45) is 18.1. The van der Waals surface area contributed by atoms with E-state index in [1.165, 1.54) is 103 Å². The van der Waals surface area contributed by atoms with Crippen molar-refractivity contribution in [3.8, 4) is 11.5 Å². The number of imidazole rings is 1. The molecule has 97 heavy (non-hydrogen) atoms. The molecule has 6 aromatic rings. The van der Waals surface area contributed by atoms with Crippen molar-refractivity contribution in [3.05, 3.63) is 144 Å². The molecule has 0 spiro atoms. The molecule has 2 saturated heterocycles. The van der Waals surface area contributed by atoms with Crippen LogP contribution in [0.1, 0.15) is 159 Å². The predicted octanol–water partition coefficient (Wildman–Crippen LogP) is 11.6. The number of fused-ring (bicyclic) bond motifs is 1. The number of nitrogens with one attached hydrogen (secondary N) is 5. The van der Waals surface area contributed by atoms with Gasteiger partial charge in [-0.15, -0.1) is 0 Å². The highest BCUT2D eigenvalue weighted by Gasteiger charge is 2.55. The van der Waals surface area contributed by atoms with Crippen LogP contribution in [0.5, 0.6) is 11.5 Å². The molecule has 8 amide bonds. The number of urea groups is 1. The molecule has 10 rings (SSSR count). The SMILES string of the molecule is CCCCCCCCCCCCCCCCCC(=O)Nc1ccc(OC)c(NC(=O)C(C(=O)C2=NNCC2c2ccccc2)N2C(=O)CN(Cc3ccccc3)C2=O)c1.COc1ccc(C2CC(C(=O)C(C(=O)Nc3nc4ccccc4[nH]3)N3C(=O)OC(C)(C)C3=O)=NN2C)cc1. The highest BCUT2D eigenvalue weighted by atomic mass is 16.6. The molecule has 4 aliphatic heterocycles. The van der Waals surface area contributed by atoms with Crippen molar-refractivity contribution in [2.24, 2.45) is 10.2 Å². The Bertz CT molecular complexity index is 3800. The summed E-state index contributed by atoms with van der Waals surface area (Å²) >= 11 is 0. The molecule has 0 bridgehead atoms. The summed E-state index contributed by atoms with van der Waals surface area (Å²) < 4.78 is 15.9. The standard InChI is InChI=1S/C47H62N6O6.C26H26N6O6/c1-3-4-5-6-7-8-9-10-11-12-13-14-15-16-23-28-41(54)49-37-29-30-40(59-2)39(31-37)50-46(57)44(45(56)43-38(32-48-51-43)36-26-21-18-22-27-36)53-42(55)34-52(47(53)58)33-35-24-19-17-20-25-35;1-26(2)23(35)32(25(36)38-26)20(22(34)29-24-27-16-7-5-6-8-17(16)28-24)21(33)18-13-19(31(3)30-18)14-9-11-15(37-4)12-10-14/h17-22,24-27,29-31,38,44,48H,3-16,23,28,32-34H2,1-2H3,(H,49,54)(H,50,57);5-12,19-20H,13H2,1-4H3,(H2,27,28,29,34). The zero-order chi connectivity index (χ0) is 69.0. The number of H-pyrrole nitrogens is 1. The van der Waals surface area contributed by atoms with Crippen molar-refractivity contribution in [3.63, 3.8) is 0 Å². The van der Waals surface area contributed by atoms with E-state index in [2.05, 4.69) is 48.5 Å². The van der Waals surface area contributed by atoms with E-state index < -0.39 is 70.9 Å². The maximum Gasteiger partial charge on any atom is 0.418 e. The summed E-state index contributed by atoms with van der Waals surface area (Å²) in [4.78, 5) is 132. The highest BCUT2D eigenvalue weighted by molar-refractivity contribution is 6.49. The number of nitrogens with zero attached hydrogens (tertiary/aromatic N) is 7. The van der Waals surface area contributed by atoms with Crippen LogP contribution in [0.2, 0.25) is 0 Å². The number of ketones is 2. The van der Waals surface area contributed by atoms with Crippen LogP contribution < -0.4 is 30.8 Å². The molecule has 5 aromatic carbocycles. The lowest BCUT2D eigenvalue weighted by atomic mass is 9.89. The van der Waals surface area contributed by atoms with Gasteiger partial charge in [0, 0.05) is 38.7 Å². The van der Waals surface area contributed by atoms with E-state index in [4.69, 9.17) is 14.2 Å². The van der Waals surface area contributed by atoms with Gasteiger partial charge in [0.15, 0.2) is 17.7 Å². The smallest absolute Gasteiger partial charge is 0.418 e. The molecule has 5 N–H and O–H groups in total. The van der Waals surface area contributed by atoms with Crippen LogP contribution in [-0.2, 0) is 44.8 Å². The summed E-state index contributed by atoms with van der Waals surface area (Å²) in [6, 6.07) is 32.9. The van der Waals surface area contributed by atoms with E-state index in [0.717, 1.165) is 40.9 Å². The summed E-state index contributed by atoms with van der Waals surface area (Å²) in [5, 5.41) is 18.4. The number of hydrogen-bond donors (Lipinski definition) is 5. The van der Waals surface area contributed by atoms with Crippen LogP contribution >= 0.6 is 0 Å². The summed E-state index contributed by atoms with van der Waals surface area (Å²) in [5.41, 5.74) is 5.70. The van der Waals surface area contributed by atoms with Crippen molar-refractivity contribution in [2.75, 3.05) is 50.3 Å². The number of unbranched alkanes of at least 4 members (excludes halogenated alkanes) is 14. The highest BCUT2D eigenvalue weighted by Crippen LogP contribution is 2.35. The number of ether oxygens (including phenoxy) is 3. The summed E-state index contributed by atoms with van der Waals surface area (Å²) in [5.74, 6) is -4.55. The first kappa shape index (κ1) is 71.0. The van der Waals surface area contributed by atoms with Gasteiger partial charge in [-0.1, -0.05) is 182 Å². The number of aromatic amines is 1. The molecule has 24 heteroatoms. The second kappa shape index (κ2) is 33.9. The Morgan fingerprint density at radius 3 is 1.90 bits per heavy atom. The number of hydrogen-bond acceptors (Lipinski definition) is 17. The third-order valence-corrected chi connectivity index (χ3v) is 17.6. The Morgan fingerprint density at radius 2 is 1.28 bits per heavy atom. The first-order chi connectivity index (χ1) is 46.9. The van der Waals surface area contributed by atoms with E-state index in [-0.39, 0.29) is 60.3 Å². The molecule has 0 saturated carbocycles. The van der Waals surface area contributed by atoms with E-state index in [0.29, 0.717) is 40.3 Å². The molecule has 4 atom stereocenters. The van der Waals surface area contributed by atoms with Gasteiger partial charge in [-0.2, -0.15) is 10.2 Å². The number of Topliss-reactive ketones (excluding diaryl/α,β-unsaturated/α-hetero) is 2.